The fourth-order valence-corrected chi connectivity index (χ4v) is 0.967. The van der Waals surface area contributed by atoms with Crippen LogP contribution in [-0.2, 0) is 19.1 Å². The van der Waals surface area contributed by atoms with Gasteiger partial charge in [-0.25, -0.2) is 9.59 Å². The lowest BCUT2D eigenvalue weighted by molar-refractivity contribution is -0.139. The minimum atomic E-state index is -0.410. The summed E-state index contributed by atoms with van der Waals surface area (Å²) in [5, 5.41) is 0. The van der Waals surface area contributed by atoms with E-state index < -0.39 is 5.97 Å². The summed E-state index contributed by atoms with van der Waals surface area (Å²) in [5.41, 5.74) is 0.402. The van der Waals surface area contributed by atoms with Gasteiger partial charge in [0.1, 0.15) is 12.4 Å². The van der Waals surface area contributed by atoms with Crippen molar-refractivity contribution >= 4 is 11.9 Å². The van der Waals surface area contributed by atoms with Crippen LogP contribution in [0.15, 0.2) is 55.1 Å². The third-order valence-electron chi connectivity index (χ3n) is 2.00. The van der Waals surface area contributed by atoms with Crippen molar-refractivity contribution in [3.63, 3.8) is 0 Å². The molecule has 0 atom stereocenters. The number of carbonyl (C=O) groups is 2. The zero-order chi connectivity index (χ0) is 16.1. The molecule has 114 valence electrons. The monoisotopic (exact) mass is 292 g/mol. The van der Waals surface area contributed by atoms with Crippen LogP contribution in [0.25, 0.3) is 0 Å². The van der Waals surface area contributed by atoms with Crippen LogP contribution in [-0.4, -0.2) is 32.3 Å². The minimum Gasteiger partial charge on any atom is -0.460 e. The van der Waals surface area contributed by atoms with Gasteiger partial charge in [0.05, 0.1) is 6.61 Å². The van der Waals surface area contributed by atoms with Gasteiger partial charge >= 0.3 is 11.9 Å². The highest BCUT2D eigenvalue weighted by atomic mass is 16.6. The van der Waals surface area contributed by atoms with Crippen LogP contribution in [0.3, 0.4) is 0 Å². The maximum Gasteiger partial charge on any atom is 0.338 e. The van der Waals surface area contributed by atoms with Crippen molar-refractivity contribution in [2.45, 2.75) is 6.92 Å². The summed E-state index contributed by atoms with van der Waals surface area (Å²) in [7, 11) is 1.54. The van der Waals surface area contributed by atoms with Crippen LogP contribution in [0.2, 0.25) is 0 Å². The van der Waals surface area contributed by atoms with Gasteiger partial charge < -0.3 is 14.2 Å². The summed E-state index contributed by atoms with van der Waals surface area (Å²) < 4.78 is 14.1. The molecule has 0 radical (unpaired) electrons. The third-order valence-corrected chi connectivity index (χ3v) is 2.00. The highest BCUT2D eigenvalue weighted by molar-refractivity contribution is 5.88. The van der Waals surface area contributed by atoms with Crippen molar-refractivity contribution in [2.75, 3.05) is 20.3 Å². The van der Waals surface area contributed by atoms with Gasteiger partial charge in [-0.15, -0.1) is 0 Å². The third kappa shape index (κ3) is 10.1. The van der Waals surface area contributed by atoms with Crippen molar-refractivity contribution < 1.29 is 23.8 Å². The van der Waals surface area contributed by atoms with Crippen LogP contribution in [0.4, 0.5) is 0 Å². The molecule has 0 aromatic heterocycles. The van der Waals surface area contributed by atoms with Gasteiger partial charge in [-0.3, -0.25) is 0 Å². The van der Waals surface area contributed by atoms with Crippen molar-refractivity contribution in [1.82, 2.24) is 0 Å². The number of methoxy groups -OCH3 is 1. The summed E-state index contributed by atoms with van der Waals surface area (Å²) >= 11 is 0. The van der Waals surface area contributed by atoms with Gasteiger partial charge in [0.15, 0.2) is 0 Å². The Bertz CT molecular complexity index is 465. The second-order valence-electron chi connectivity index (χ2n) is 3.85. The smallest absolute Gasteiger partial charge is 0.338 e. The van der Waals surface area contributed by atoms with Crippen LogP contribution in [0.1, 0.15) is 6.92 Å². The molecule has 0 aliphatic heterocycles. The number of esters is 2. The Morgan fingerprint density at radius 2 is 1.81 bits per heavy atom. The highest BCUT2D eigenvalue weighted by Gasteiger charge is 2.03. The fourth-order valence-electron chi connectivity index (χ4n) is 0.967. The van der Waals surface area contributed by atoms with E-state index in [-0.39, 0.29) is 5.97 Å². The van der Waals surface area contributed by atoms with Crippen molar-refractivity contribution in [2.24, 2.45) is 0 Å². The first kappa shape index (κ1) is 18.6. The van der Waals surface area contributed by atoms with Gasteiger partial charge in [0, 0.05) is 18.8 Å². The normalized spacial score (nSPS) is 8.86. The Kier molecular flexibility index (Phi) is 10.1. The minimum absolute atomic E-state index is 0.293. The van der Waals surface area contributed by atoms with E-state index in [9.17, 15) is 9.59 Å². The van der Waals surface area contributed by atoms with Gasteiger partial charge in [0.2, 0.25) is 0 Å². The zero-order valence-corrected chi connectivity index (χ0v) is 12.3. The maximum atomic E-state index is 11.0. The molecule has 5 nitrogen and oxygen atoms in total. The molecular weight excluding hydrogens is 272 g/mol. The SMILES string of the molecule is C=C(C)C(=O)Oc1ccccc1.C=CC(=O)OCCOC. The van der Waals surface area contributed by atoms with E-state index in [4.69, 9.17) is 4.74 Å². The number of rotatable bonds is 6. The van der Waals surface area contributed by atoms with Crippen LogP contribution in [0.5, 0.6) is 5.75 Å². The van der Waals surface area contributed by atoms with E-state index in [1.807, 2.05) is 6.07 Å². The predicted molar refractivity (Wildman–Crippen MR) is 79.9 cm³/mol. The molecule has 0 spiro atoms. The lowest BCUT2D eigenvalue weighted by Crippen LogP contribution is -2.07. The number of para-hydroxylation sites is 1. The van der Waals surface area contributed by atoms with E-state index in [1.165, 1.54) is 0 Å². The topological polar surface area (TPSA) is 61.8 Å². The Labute approximate surface area is 124 Å². The van der Waals surface area contributed by atoms with E-state index >= 15 is 0 Å². The lowest BCUT2D eigenvalue weighted by Gasteiger charge is -2.01. The van der Waals surface area contributed by atoms with Gasteiger partial charge in [-0.2, -0.15) is 0 Å². The van der Waals surface area contributed by atoms with Crippen LogP contribution >= 0.6 is 0 Å². The second-order valence-corrected chi connectivity index (χ2v) is 3.85. The molecule has 0 heterocycles. The molecule has 0 aliphatic rings. The maximum absolute atomic E-state index is 11.0. The number of hydrogen-bond donors (Lipinski definition) is 0. The van der Waals surface area contributed by atoms with Crippen LogP contribution in [0, 0.1) is 0 Å². The molecule has 0 N–H and O–H groups in total. The van der Waals surface area contributed by atoms with E-state index in [2.05, 4.69) is 22.6 Å². The first-order valence-electron chi connectivity index (χ1n) is 6.22. The van der Waals surface area contributed by atoms with Crippen molar-refractivity contribution in [3.05, 3.63) is 55.1 Å². The van der Waals surface area contributed by atoms with Gasteiger partial charge in [-0.1, -0.05) is 31.4 Å². The first-order valence-corrected chi connectivity index (χ1v) is 6.22. The van der Waals surface area contributed by atoms with E-state index in [0.717, 1.165) is 6.08 Å². The highest BCUT2D eigenvalue weighted by Crippen LogP contribution is 2.09. The fraction of sp³-hybridized carbons (Fsp3) is 0.250. The molecule has 1 aromatic carbocycles. The molecule has 1 rings (SSSR count). The Balaban J connectivity index is 0.000000400. The van der Waals surface area contributed by atoms with Crippen LogP contribution < -0.4 is 4.74 Å². The van der Waals surface area contributed by atoms with E-state index in [1.54, 1.807) is 38.3 Å². The Hall–Kier alpha value is -2.40. The summed E-state index contributed by atoms with van der Waals surface area (Å²) in [6.07, 6.45) is 1.12. The molecule has 0 bridgehead atoms. The Morgan fingerprint density at radius 1 is 1.19 bits per heavy atom. The molecule has 1 aromatic rings. The Morgan fingerprint density at radius 3 is 2.29 bits per heavy atom. The first-order chi connectivity index (χ1) is 10.0. The summed E-state index contributed by atoms with van der Waals surface area (Å²) in [5.74, 6) is -0.251. The predicted octanol–water partition coefficient (Wildman–Crippen LogP) is 2.53. The molecule has 0 amide bonds. The van der Waals surface area contributed by atoms with Crippen molar-refractivity contribution in [3.8, 4) is 5.75 Å². The van der Waals surface area contributed by atoms with Crippen molar-refractivity contribution in [1.29, 1.82) is 0 Å². The van der Waals surface area contributed by atoms with Gasteiger partial charge in [0.25, 0.3) is 0 Å². The molecular formula is C16H20O5. The average Bonchev–Trinajstić information content (AvgIpc) is 2.49. The summed E-state index contributed by atoms with van der Waals surface area (Å²) in [4.78, 5) is 21.3. The number of hydrogen-bond acceptors (Lipinski definition) is 5. The molecule has 0 saturated heterocycles. The largest absolute Gasteiger partial charge is 0.460 e. The summed E-state index contributed by atoms with van der Waals surface area (Å²) in [6.45, 7) is 9.04. The molecule has 0 fully saturated rings. The number of ether oxygens (including phenoxy) is 3. The second kappa shape index (κ2) is 11.4. The zero-order valence-electron chi connectivity index (χ0n) is 12.3. The molecule has 5 heteroatoms. The van der Waals surface area contributed by atoms with E-state index in [0.29, 0.717) is 24.5 Å². The van der Waals surface area contributed by atoms with Gasteiger partial charge in [-0.05, 0) is 19.1 Å². The average molecular weight is 292 g/mol. The quantitative estimate of drug-likeness (QED) is 0.349. The molecule has 21 heavy (non-hydrogen) atoms. The number of benzene rings is 1. The summed E-state index contributed by atoms with van der Waals surface area (Å²) in [6, 6.07) is 8.92. The molecule has 0 saturated carbocycles. The number of carbonyl (C=O) groups excluding carboxylic acids is 2. The standard InChI is InChI=1S/C10H10O2.C6H10O3/c1-8(2)10(11)12-9-6-4-3-5-7-9;1-3-6(7)9-5-4-8-2/h3-7H,1H2,2H3;3H,1,4-5H2,2H3. The molecule has 0 aliphatic carbocycles. The lowest BCUT2D eigenvalue weighted by atomic mass is 10.3. The molecule has 0 unspecified atom stereocenters.